The minimum atomic E-state index is -0.794. The molecule has 5 heteroatoms. The molecule has 23 heavy (non-hydrogen) atoms. The average Bonchev–Trinajstić information content (AvgIpc) is 2.59. The number of rotatable bonds is 7. The van der Waals surface area contributed by atoms with Gasteiger partial charge in [-0.1, -0.05) is 36.8 Å². The summed E-state index contributed by atoms with van der Waals surface area (Å²) in [6.07, 6.45) is 5.77. The first kappa shape index (κ1) is 17.5. The van der Waals surface area contributed by atoms with Crippen LogP contribution in [-0.2, 0) is 25.7 Å². The van der Waals surface area contributed by atoms with Crippen molar-refractivity contribution in [2.75, 3.05) is 0 Å². The van der Waals surface area contributed by atoms with Crippen LogP contribution in [0, 0.1) is 0 Å². The van der Waals surface area contributed by atoms with Crippen molar-refractivity contribution in [3.8, 4) is 0 Å². The van der Waals surface area contributed by atoms with Crippen LogP contribution in [0.15, 0.2) is 30.3 Å². The molecule has 1 saturated carbocycles. The van der Waals surface area contributed by atoms with Gasteiger partial charge in [0.05, 0.1) is 0 Å². The number of benzene rings is 1. The Morgan fingerprint density at radius 1 is 1.13 bits per heavy atom. The van der Waals surface area contributed by atoms with E-state index in [9.17, 15) is 9.59 Å². The van der Waals surface area contributed by atoms with Gasteiger partial charge in [0.15, 0.2) is 0 Å². The van der Waals surface area contributed by atoms with E-state index in [1.165, 1.54) is 6.42 Å². The quantitative estimate of drug-likeness (QED) is 0.782. The molecule has 0 amide bonds. The van der Waals surface area contributed by atoms with Gasteiger partial charge in [-0.25, -0.2) is 0 Å². The summed E-state index contributed by atoms with van der Waals surface area (Å²) in [5, 5.41) is 0. The summed E-state index contributed by atoms with van der Waals surface area (Å²) in [6, 6.07) is 8.61. The molecule has 0 aromatic heterocycles. The van der Waals surface area contributed by atoms with Crippen molar-refractivity contribution in [1.29, 1.82) is 0 Å². The minimum absolute atomic E-state index is 0.0394. The monoisotopic (exact) mass is 319 g/mol. The Bertz CT molecular complexity index is 497. The number of nitrogens with two attached hydrogens (primary N) is 1. The van der Waals surface area contributed by atoms with Crippen LogP contribution in [0.1, 0.15) is 50.5 Å². The van der Waals surface area contributed by atoms with Crippen LogP contribution < -0.4 is 5.73 Å². The molecule has 126 valence electrons. The zero-order chi connectivity index (χ0) is 16.5. The molecule has 1 fully saturated rings. The molecule has 0 aliphatic heterocycles. The molecule has 1 aromatic carbocycles. The van der Waals surface area contributed by atoms with Gasteiger partial charge in [0, 0.05) is 6.42 Å². The van der Waals surface area contributed by atoms with Gasteiger partial charge in [-0.2, -0.15) is 0 Å². The minimum Gasteiger partial charge on any atom is -0.462 e. The molecule has 0 radical (unpaired) electrons. The van der Waals surface area contributed by atoms with Gasteiger partial charge in [0.2, 0.25) is 0 Å². The second kappa shape index (κ2) is 9.30. The van der Waals surface area contributed by atoms with Crippen LogP contribution in [0.2, 0.25) is 0 Å². The topological polar surface area (TPSA) is 78.6 Å². The van der Waals surface area contributed by atoms with Gasteiger partial charge < -0.3 is 15.2 Å². The van der Waals surface area contributed by atoms with Crippen LogP contribution in [-0.4, -0.2) is 24.1 Å². The highest BCUT2D eigenvalue weighted by atomic mass is 16.5. The van der Waals surface area contributed by atoms with Gasteiger partial charge in [-0.15, -0.1) is 0 Å². The lowest BCUT2D eigenvalue weighted by Crippen LogP contribution is -2.33. The van der Waals surface area contributed by atoms with Crippen molar-refractivity contribution < 1.29 is 19.1 Å². The smallest absolute Gasteiger partial charge is 0.323 e. The molecule has 1 atom stereocenters. The summed E-state index contributed by atoms with van der Waals surface area (Å²) < 4.78 is 10.6. The maximum absolute atomic E-state index is 11.8. The lowest BCUT2D eigenvalue weighted by molar-refractivity contribution is -0.151. The maximum Gasteiger partial charge on any atom is 0.323 e. The number of esters is 2. The Labute approximate surface area is 137 Å². The Morgan fingerprint density at radius 2 is 1.83 bits per heavy atom. The van der Waals surface area contributed by atoms with E-state index in [2.05, 4.69) is 0 Å². The van der Waals surface area contributed by atoms with Gasteiger partial charge in [0.1, 0.15) is 18.8 Å². The maximum atomic E-state index is 11.8. The molecule has 1 aliphatic rings. The summed E-state index contributed by atoms with van der Waals surface area (Å²) in [4.78, 5) is 23.6. The third-order valence-electron chi connectivity index (χ3n) is 4.04. The van der Waals surface area contributed by atoms with Crippen molar-refractivity contribution in [3.63, 3.8) is 0 Å². The van der Waals surface area contributed by atoms with E-state index in [-0.39, 0.29) is 31.5 Å². The molecule has 0 spiro atoms. The number of hydrogen-bond donors (Lipinski definition) is 1. The van der Waals surface area contributed by atoms with Gasteiger partial charge >= 0.3 is 11.9 Å². The Hall–Kier alpha value is -1.88. The molecule has 1 aliphatic carbocycles. The van der Waals surface area contributed by atoms with Gasteiger partial charge in [0.25, 0.3) is 0 Å². The number of hydrogen-bond acceptors (Lipinski definition) is 5. The van der Waals surface area contributed by atoms with E-state index in [4.69, 9.17) is 15.2 Å². The van der Waals surface area contributed by atoms with Crippen LogP contribution in [0.4, 0.5) is 0 Å². The van der Waals surface area contributed by atoms with Crippen molar-refractivity contribution in [2.45, 2.75) is 63.7 Å². The first-order valence-corrected chi connectivity index (χ1v) is 8.31. The molecule has 5 nitrogen and oxygen atoms in total. The van der Waals surface area contributed by atoms with E-state index < -0.39 is 12.0 Å². The fraction of sp³-hybridized carbons (Fsp3) is 0.556. The molecule has 0 saturated heterocycles. The Morgan fingerprint density at radius 3 is 2.52 bits per heavy atom. The van der Waals surface area contributed by atoms with E-state index in [1.807, 2.05) is 30.3 Å². The first-order chi connectivity index (χ1) is 11.1. The highest BCUT2D eigenvalue weighted by Crippen LogP contribution is 2.20. The highest BCUT2D eigenvalue weighted by molar-refractivity contribution is 5.77. The second-order valence-electron chi connectivity index (χ2n) is 5.99. The van der Waals surface area contributed by atoms with Crippen LogP contribution in [0.25, 0.3) is 0 Å². The molecular formula is C18H25NO4. The predicted octanol–water partition coefficient (Wildman–Crippen LogP) is 2.71. The number of ether oxygens (including phenoxy) is 2. The standard InChI is InChI=1S/C18H25NO4/c19-16(18(21)22-13-14-7-3-1-4-8-14)11-12-17(20)23-15-9-5-2-6-10-15/h1,3-4,7-8,15-16H,2,5-6,9-13,19H2. The molecule has 1 unspecified atom stereocenters. The average molecular weight is 319 g/mol. The molecule has 2 rings (SSSR count). The van der Waals surface area contributed by atoms with E-state index in [1.54, 1.807) is 0 Å². The number of carbonyl (C=O) groups is 2. The van der Waals surface area contributed by atoms with Crippen molar-refractivity contribution >= 4 is 11.9 Å². The normalized spacial score (nSPS) is 16.6. The summed E-state index contributed by atoms with van der Waals surface area (Å²) in [6.45, 7) is 0.194. The zero-order valence-corrected chi connectivity index (χ0v) is 13.4. The molecule has 2 N–H and O–H groups in total. The highest BCUT2D eigenvalue weighted by Gasteiger charge is 2.20. The molecular weight excluding hydrogens is 294 g/mol. The summed E-state index contributed by atoms with van der Waals surface area (Å²) in [5.41, 5.74) is 6.69. The predicted molar refractivity (Wildman–Crippen MR) is 86.4 cm³/mol. The molecule has 0 bridgehead atoms. The largest absolute Gasteiger partial charge is 0.462 e. The molecule has 1 aromatic rings. The Balaban J connectivity index is 1.63. The number of carbonyl (C=O) groups excluding carboxylic acids is 2. The van der Waals surface area contributed by atoms with Crippen molar-refractivity contribution in [1.82, 2.24) is 0 Å². The SMILES string of the molecule is NC(CCC(=O)OC1CCCCC1)C(=O)OCc1ccccc1. The fourth-order valence-electron chi connectivity index (χ4n) is 2.65. The second-order valence-corrected chi connectivity index (χ2v) is 5.99. The lowest BCUT2D eigenvalue weighted by Gasteiger charge is -2.22. The van der Waals surface area contributed by atoms with Crippen molar-refractivity contribution in [2.24, 2.45) is 5.73 Å². The summed E-state index contributed by atoms with van der Waals surface area (Å²) in [5.74, 6) is -0.762. The van der Waals surface area contributed by atoms with E-state index in [0.29, 0.717) is 0 Å². The van der Waals surface area contributed by atoms with Gasteiger partial charge in [-0.3, -0.25) is 9.59 Å². The Kier molecular flexibility index (Phi) is 7.07. The van der Waals surface area contributed by atoms with Crippen LogP contribution in [0.5, 0.6) is 0 Å². The molecule has 0 heterocycles. The first-order valence-electron chi connectivity index (χ1n) is 8.31. The third-order valence-corrected chi connectivity index (χ3v) is 4.04. The summed E-state index contributed by atoms with van der Waals surface area (Å²) >= 11 is 0. The van der Waals surface area contributed by atoms with E-state index in [0.717, 1.165) is 31.2 Å². The lowest BCUT2D eigenvalue weighted by atomic mass is 9.98. The van der Waals surface area contributed by atoms with Gasteiger partial charge in [-0.05, 0) is 37.7 Å². The third kappa shape index (κ3) is 6.40. The van der Waals surface area contributed by atoms with Crippen LogP contribution in [0.3, 0.4) is 0 Å². The van der Waals surface area contributed by atoms with E-state index >= 15 is 0 Å². The summed E-state index contributed by atoms with van der Waals surface area (Å²) in [7, 11) is 0. The zero-order valence-electron chi connectivity index (χ0n) is 13.4. The van der Waals surface area contributed by atoms with Crippen molar-refractivity contribution in [3.05, 3.63) is 35.9 Å². The fourth-order valence-corrected chi connectivity index (χ4v) is 2.65. The van der Waals surface area contributed by atoms with Crippen LogP contribution >= 0.6 is 0 Å².